The van der Waals surface area contributed by atoms with E-state index in [0.717, 1.165) is 32.5 Å². The van der Waals surface area contributed by atoms with Crippen molar-refractivity contribution in [1.82, 2.24) is 15.1 Å². The first-order chi connectivity index (χ1) is 10.3. The van der Waals surface area contributed by atoms with Crippen molar-refractivity contribution in [3.63, 3.8) is 0 Å². The zero-order valence-corrected chi connectivity index (χ0v) is 14.9. The van der Waals surface area contributed by atoms with Crippen LogP contribution in [0.1, 0.15) is 40.5 Å². The average molecular weight is 314 g/mol. The zero-order valence-electron chi connectivity index (χ0n) is 14.9. The van der Waals surface area contributed by atoms with Crippen LogP contribution in [0, 0.1) is 0 Å². The molecule has 0 bridgehead atoms. The highest BCUT2D eigenvalue weighted by Gasteiger charge is 2.27. The lowest BCUT2D eigenvalue weighted by atomic mass is 10.1. The molecule has 130 valence electrons. The van der Waals surface area contributed by atoms with E-state index in [0.29, 0.717) is 25.2 Å². The van der Waals surface area contributed by atoms with Crippen molar-refractivity contribution in [3.05, 3.63) is 0 Å². The summed E-state index contributed by atoms with van der Waals surface area (Å²) in [6.45, 7) is 12.2. The van der Waals surface area contributed by atoms with Crippen LogP contribution in [0.5, 0.6) is 0 Å². The van der Waals surface area contributed by atoms with Crippen molar-refractivity contribution < 1.29 is 9.53 Å². The van der Waals surface area contributed by atoms with Crippen LogP contribution < -0.4 is 11.1 Å². The molecule has 1 amide bonds. The van der Waals surface area contributed by atoms with Gasteiger partial charge < -0.3 is 20.7 Å². The molecular weight excluding hydrogens is 280 g/mol. The quantitative estimate of drug-likeness (QED) is 0.772. The summed E-state index contributed by atoms with van der Waals surface area (Å²) >= 11 is 0. The van der Waals surface area contributed by atoms with Crippen molar-refractivity contribution in [2.24, 2.45) is 5.73 Å². The minimum absolute atomic E-state index is 0.317. The number of piperazine rings is 1. The van der Waals surface area contributed by atoms with Crippen LogP contribution in [-0.4, -0.2) is 73.3 Å². The van der Waals surface area contributed by atoms with Gasteiger partial charge in [0.25, 0.3) is 0 Å². The van der Waals surface area contributed by atoms with Gasteiger partial charge in [0.1, 0.15) is 5.60 Å². The fourth-order valence-electron chi connectivity index (χ4n) is 2.85. The van der Waals surface area contributed by atoms with Gasteiger partial charge in [-0.2, -0.15) is 0 Å². The molecule has 22 heavy (non-hydrogen) atoms. The molecule has 6 nitrogen and oxygen atoms in total. The molecule has 0 saturated carbocycles. The summed E-state index contributed by atoms with van der Waals surface area (Å²) in [6.07, 6.45) is 1.66. The molecule has 3 N–H and O–H groups in total. The highest BCUT2D eigenvalue weighted by atomic mass is 16.6. The van der Waals surface area contributed by atoms with Crippen LogP contribution in [-0.2, 0) is 4.74 Å². The maximum atomic E-state index is 11.7. The Morgan fingerprint density at radius 3 is 2.64 bits per heavy atom. The third kappa shape index (κ3) is 6.50. The van der Waals surface area contributed by atoms with Gasteiger partial charge in [-0.3, -0.25) is 4.90 Å². The maximum absolute atomic E-state index is 11.7. The predicted octanol–water partition coefficient (Wildman–Crippen LogP) is 1.25. The molecule has 0 radical (unpaired) electrons. The SMILES string of the molecule is CCC1CN(C(CN)CCNC(=O)OC(C)(C)C)CCN1C. The van der Waals surface area contributed by atoms with E-state index in [4.69, 9.17) is 10.5 Å². The van der Waals surface area contributed by atoms with E-state index in [1.54, 1.807) is 0 Å². The number of carbonyl (C=O) groups excluding carboxylic acids is 1. The van der Waals surface area contributed by atoms with Gasteiger partial charge >= 0.3 is 6.09 Å². The fourth-order valence-corrected chi connectivity index (χ4v) is 2.85. The van der Waals surface area contributed by atoms with E-state index >= 15 is 0 Å². The van der Waals surface area contributed by atoms with Crippen LogP contribution in [0.3, 0.4) is 0 Å². The number of nitrogens with zero attached hydrogens (tertiary/aromatic N) is 2. The molecule has 1 aliphatic rings. The second-order valence-corrected chi connectivity index (χ2v) is 7.14. The van der Waals surface area contributed by atoms with Gasteiger partial charge in [0.15, 0.2) is 0 Å². The number of likely N-dealkylation sites (N-methyl/N-ethyl adjacent to an activating group) is 1. The van der Waals surface area contributed by atoms with Crippen molar-refractivity contribution in [3.8, 4) is 0 Å². The standard InChI is InChI=1S/C16H34N4O2/c1-6-13-12-20(10-9-19(13)5)14(11-17)7-8-18-15(21)22-16(2,3)4/h13-14H,6-12,17H2,1-5H3,(H,18,21). The summed E-state index contributed by atoms with van der Waals surface area (Å²) < 4.78 is 5.25. The second-order valence-electron chi connectivity index (χ2n) is 7.14. The van der Waals surface area contributed by atoms with E-state index in [1.165, 1.54) is 0 Å². The fraction of sp³-hybridized carbons (Fsp3) is 0.938. The van der Waals surface area contributed by atoms with Crippen LogP contribution in [0.2, 0.25) is 0 Å². The van der Waals surface area contributed by atoms with Crippen LogP contribution in [0.4, 0.5) is 4.79 Å². The molecule has 0 spiro atoms. The Morgan fingerprint density at radius 2 is 2.09 bits per heavy atom. The highest BCUT2D eigenvalue weighted by Crippen LogP contribution is 2.14. The second kappa shape index (κ2) is 8.70. The lowest BCUT2D eigenvalue weighted by Crippen LogP contribution is -2.56. The first-order valence-corrected chi connectivity index (χ1v) is 8.38. The molecule has 2 unspecified atom stereocenters. The Bertz CT molecular complexity index is 344. The van der Waals surface area contributed by atoms with Gasteiger partial charge in [-0.05, 0) is 40.7 Å². The first kappa shape index (κ1) is 19.2. The van der Waals surface area contributed by atoms with Crippen LogP contribution in [0.15, 0.2) is 0 Å². The Hall–Kier alpha value is -0.850. The van der Waals surface area contributed by atoms with Crippen LogP contribution >= 0.6 is 0 Å². The summed E-state index contributed by atoms with van der Waals surface area (Å²) in [5.74, 6) is 0. The van der Waals surface area contributed by atoms with Gasteiger partial charge in [0.2, 0.25) is 0 Å². The third-order valence-electron chi connectivity index (χ3n) is 4.21. The lowest BCUT2D eigenvalue weighted by molar-refractivity contribution is 0.0492. The van der Waals surface area contributed by atoms with Gasteiger partial charge in [-0.1, -0.05) is 6.92 Å². The molecular formula is C16H34N4O2. The minimum atomic E-state index is -0.455. The smallest absolute Gasteiger partial charge is 0.407 e. The summed E-state index contributed by atoms with van der Waals surface area (Å²) in [4.78, 5) is 16.5. The monoisotopic (exact) mass is 314 g/mol. The van der Waals surface area contributed by atoms with E-state index in [-0.39, 0.29) is 6.09 Å². The Morgan fingerprint density at radius 1 is 1.41 bits per heavy atom. The molecule has 0 aromatic carbocycles. The number of nitrogens with two attached hydrogens (primary N) is 1. The van der Waals surface area contributed by atoms with Crippen molar-refractivity contribution in [2.75, 3.05) is 39.8 Å². The number of carbonyl (C=O) groups is 1. The lowest BCUT2D eigenvalue weighted by Gasteiger charge is -2.42. The molecule has 2 atom stereocenters. The van der Waals surface area contributed by atoms with Gasteiger partial charge in [-0.25, -0.2) is 4.79 Å². The number of hydrogen-bond donors (Lipinski definition) is 2. The number of nitrogens with one attached hydrogen (secondary N) is 1. The Balaban J connectivity index is 2.37. The minimum Gasteiger partial charge on any atom is -0.444 e. The van der Waals surface area contributed by atoms with E-state index in [9.17, 15) is 4.79 Å². The number of hydrogen-bond acceptors (Lipinski definition) is 5. The van der Waals surface area contributed by atoms with Crippen molar-refractivity contribution in [1.29, 1.82) is 0 Å². The summed E-state index contributed by atoms with van der Waals surface area (Å²) in [5.41, 5.74) is 5.49. The van der Waals surface area contributed by atoms with E-state index in [1.807, 2.05) is 20.8 Å². The van der Waals surface area contributed by atoms with Crippen molar-refractivity contribution >= 4 is 6.09 Å². The Labute approximate surface area is 135 Å². The normalized spacial score (nSPS) is 22.4. The number of ether oxygens (including phenoxy) is 1. The topological polar surface area (TPSA) is 70.8 Å². The molecule has 1 rings (SSSR count). The molecule has 1 saturated heterocycles. The van der Waals surface area contributed by atoms with Crippen molar-refractivity contribution in [2.45, 2.75) is 58.2 Å². The van der Waals surface area contributed by atoms with Gasteiger partial charge in [0, 0.05) is 44.8 Å². The van der Waals surface area contributed by atoms with Gasteiger partial charge in [0.05, 0.1) is 0 Å². The summed E-state index contributed by atoms with van der Waals surface area (Å²) in [6, 6.07) is 0.916. The largest absolute Gasteiger partial charge is 0.444 e. The number of amides is 1. The molecule has 0 aromatic heterocycles. The summed E-state index contributed by atoms with van der Waals surface area (Å²) in [7, 11) is 2.19. The van der Waals surface area contributed by atoms with Crippen LogP contribution in [0.25, 0.3) is 0 Å². The Kier molecular flexibility index (Phi) is 7.59. The molecule has 0 aromatic rings. The molecule has 0 aliphatic carbocycles. The van der Waals surface area contributed by atoms with E-state index in [2.05, 4.69) is 29.1 Å². The first-order valence-electron chi connectivity index (χ1n) is 8.38. The molecule has 1 heterocycles. The summed E-state index contributed by atoms with van der Waals surface area (Å²) in [5, 5.41) is 2.82. The molecule has 1 fully saturated rings. The zero-order chi connectivity index (χ0) is 16.8. The third-order valence-corrected chi connectivity index (χ3v) is 4.21. The molecule has 6 heteroatoms. The predicted molar refractivity (Wildman–Crippen MR) is 90.0 cm³/mol. The van der Waals surface area contributed by atoms with E-state index < -0.39 is 5.60 Å². The maximum Gasteiger partial charge on any atom is 0.407 e. The molecule has 1 aliphatic heterocycles. The highest BCUT2D eigenvalue weighted by molar-refractivity contribution is 5.67. The average Bonchev–Trinajstić information content (AvgIpc) is 2.42. The number of alkyl carbamates (subject to hydrolysis) is 1. The van der Waals surface area contributed by atoms with Gasteiger partial charge in [-0.15, -0.1) is 0 Å². The number of rotatable bonds is 6.